The molecule has 1 aliphatic heterocycles. The number of alkyl halides is 7. The fraction of sp³-hybridized carbons (Fsp3) is 0.562. The van der Waals surface area contributed by atoms with Gasteiger partial charge in [-0.15, -0.1) is 0 Å². The third-order valence-corrected chi connectivity index (χ3v) is 12.7. The first-order chi connectivity index (χ1) is 21.4. The molecule has 3 aliphatic rings. The number of carboxylic acid groups (broad SMARTS) is 1. The van der Waals surface area contributed by atoms with E-state index in [-0.39, 0.29) is 79.8 Å². The van der Waals surface area contributed by atoms with Gasteiger partial charge in [0.2, 0.25) is 5.91 Å². The van der Waals surface area contributed by atoms with E-state index in [2.05, 4.69) is 0 Å². The lowest BCUT2D eigenvalue weighted by Crippen LogP contribution is -2.62. The van der Waals surface area contributed by atoms with Crippen LogP contribution in [0.1, 0.15) is 74.1 Å². The van der Waals surface area contributed by atoms with Gasteiger partial charge in [0.05, 0.1) is 16.9 Å². The maximum Gasteiger partial charge on any atom is 0.435 e. The molecular formula is C32H34F7NO5S. The van der Waals surface area contributed by atoms with Gasteiger partial charge in [-0.25, -0.2) is 12.8 Å². The lowest BCUT2D eigenvalue weighted by atomic mass is 9.71. The van der Waals surface area contributed by atoms with Crippen LogP contribution in [-0.2, 0) is 42.7 Å². The highest BCUT2D eigenvalue weighted by molar-refractivity contribution is 7.92. The van der Waals surface area contributed by atoms with Gasteiger partial charge in [0.25, 0.3) is 0 Å². The number of likely N-dealkylation sites (tertiary alicyclic amines) is 1. The van der Waals surface area contributed by atoms with Gasteiger partial charge in [-0.1, -0.05) is 37.3 Å². The maximum atomic E-state index is 15.1. The summed E-state index contributed by atoms with van der Waals surface area (Å²) in [6, 6.07) is 6.69. The molecule has 1 heterocycles. The number of carboxylic acids is 1. The molecule has 2 aromatic rings. The molecule has 0 spiro atoms. The average molecular weight is 678 g/mol. The predicted octanol–water partition coefficient (Wildman–Crippen LogP) is 7.04. The molecule has 14 heteroatoms. The molecule has 2 unspecified atom stereocenters. The standard InChI is InChI=1S/C32H34F7NO5S/c1-2-19-4-12-24(13-5-19)46(44,45)29-16-3-17-40(27(41)20-6-8-21(9-7-20)28(42)43)26(29)15-10-22-18-23(11-14-25(22)29)30(33,31(34,35)36)32(37,38)39/h4-5,11-14,18,20-21,26H,2-3,6-10,15-17H2,1H3,(H,42,43). The Kier molecular flexibility index (Phi) is 8.78. The number of nitrogens with zero attached hydrogens (tertiary/aromatic N) is 1. The van der Waals surface area contributed by atoms with Crippen molar-refractivity contribution in [1.82, 2.24) is 4.90 Å². The molecule has 1 amide bonds. The summed E-state index contributed by atoms with van der Waals surface area (Å²) < 4.78 is 125. The molecule has 1 N–H and O–H groups in total. The summed E-state index contributed by atoms with van der Waals surface area (Å²) in [5, 5.41) is 9.37. The van der Waals surface area contributed by atoms with Crippen molar-refractivity contribution in [3.05, 3.63) is 64.7 Å². The van der Waals surface area contributed by atoms with Gasteiger partial charge in [-0.3, -0.25) is 9.59 Å². The van der Waals surface area contributed by atoms with Gasteiger partial charge in [-0.05, 0) is 86.6 Å². The number of amides is 1. The first kappa shape index (κ1) is 34.2. The summed E-state index contributed by atoms with van der Waals surface area (Å²) >= 11 is 0. The predicted molar refractivity (Wildman–Crippen MR) is 152 cm³/mol. The van der Waals surface area contributed by atoms with Crippen LogP contribution < -0.4 is 0 Å². The van der Waals surface area contributed by atoms with Crippen LogP contribution in [0.5, 0.6) is 0 Å². The van der Waals surface area contributed by atoms with Gasteiger partial charge in [0.1, 0.15) is 4.75 Å². The quantitative estimate of drug-likeness (QED) is 0.332. The van der Waals surface area contributed by atoms with E-state index < -0.39 is 62.0 Å². The van der Waals surface area contributed by atoms with Crippen LogP contribution >= 0.6 is 0 Å². The van der Waals surface area contributed by atoms with Crippen LogP contribution in [0, 0.1) is 11.8 Å². The molecule has 2 aromatic carbocycles. The largest absolute Gasteiger partial charge is 0.481 e. The van der Waals surface area contributed by atoms with E-state index in [0.29, 0.717) is 18.6 Å². The van der Waals surface area contributed by atoms with E-state index in [1.54, 1.807) is 12.1 Å². The number of piperidine rings is 1. The summed E-state index contributed by atoms with van der Waals surface area (Å²) in [5.41, 5.74) is -6.75. The number of hydrogen-bond donors (Lipinski definition) is 1. The third-order valence-electron chi connectivity index (χ3n) is 10.1. The molecule has 0 bridgehead atoms. The highest BCUT2D eigenvalue weighted by atomic mass is 32.2. The monoisotopic (exact) mass is 677 g/mol. The normalized spacial score (nSPS) is 25.8. The molecule has 2 aliphatic carbocycles. The molecule has 2 fully saturated rings. The second kappa shape index (κ2) is 11.8. The minimum atomic E-state index is -6.34. The number of sulfone groups is 1. The van der Waals surface area contributed by atoms with E-state index in [9.17, 15) is 49.5 Å². The zero-order valence-corrected chi connectivity index (χ0v) is 25.7. The van der Waals surface area contributed by atoms with Crippen LogP contribution in [0.15, 0.2) is 47.4 Å². The Hall–Kier alpha value is -3.16. The van der Waals surface area contributed by atoms with Gasteiger partial charge < -0.3 is 10.0 Å². The summed E-state index contributed by atoms with van der Waals surface area (Å²) in [7, 11) is -4.45. The van der Waals surface area contributed by atoms with E-state index >= 15 is 4.39 Å². The van der Waals surface area contributed by atoms with Gasteiger partial charge in [-0.2, -0.15) is 26.3 Å². The molecule has 1 saturated heterocycles. The molecule has 1 saturated carbocycles. The van der Waals surface area contributed by atoms with E-state index in [1.807, 2.05) is 6.92 Å². The smallest absolute Gasteiger partial charge is 0.435 e. The fourth-order valence-electron chi connectivity index (χ4n) is 7.66. The highest BCUT2D eigenvalue weighted by Gasteiger charge is 2.73. The maximum absolute atomic E-state index is 15.1. The number of hydrogen-bond acceptors (Lipinski definition) is 4. The van der Waals surface area contributed by atoms with Gasteiger partial charge in [0.15, 0.2) is 9.84 Å². The molecule has 6 nitrogen and oxygen atoms in total. The molecule has 0 aromatic heterocycles. The summed E-state index contributed by atoms with van der Waals surface area (Å²) in [6.45, 7) is 2.05. The summed E-state index contributed by atoms with van der Waals surface area (Å²) in [4.78, 5) is 26.8. The summed E-state index contributed by atoms with van der Waals surface area (Å²) in [6.07, 6.45) is -11.2. The van der Waals surface area contributed by atoms with Crippen LogP contribution in [0.4, 0.5) is 30.7 Å². The van der Waals surface area contributed by atoms with Crippen molar-refractivity contribution in [2.75, 3.05) is 6.54 Å². The number of carbonyl (C=O) groups excluding carboxylic acids is 1. The second-order valence-corrected chi connectivity index (χ2v) is 14.7. The molecule has 5 rings (SSSR count). The summed E-state index contributed by atoms with van der Waals surface area (Å²) in [5.74, 6) is -2.47. The van der Waals surface area contributed by atoms with Crippen LogP contribution in [-0.4, -0.2) is 55.2 Å². The highest BCUT2D eigenvalue weighted by Crippen LogP contribution is 2.56. The first-order valence-electron chi connectivity index (χ1n) is 15.2. The Morgan fingerprint density at radius 1 is 0.891 bits per heavy atom. The van der Waals surface area contributed by atoms with Crippen LogP contribution in [0.25, 0.3) is 0 Å². The van der Waals surface area contributed by atoms with Crippen molar-refractivity contribution in [3.8, 4) is 0 Å². The van der Waals surface area contributed by atoms with Crippen molar-refractivity contribution in [1.29, 1.82) is 0 Å². The average Bonchev–Trinajstić information content (AvgIpc) is 3.02. The van der Waals surface area contributed by atoms with Crippen molar-refractivity contribution < 1.29 is 53.8 Å². The zero-order valence-electron chi connectivity index (χ0n) is 24.9. The fourth-order valence-corrected chi connectivity index (χ4v) is 10.1. The van der Waals surface area contributed by atoms with E-state index in [4.69, 9.17) is 0 Å². The van der Waals surface area contributed by atoms with E-state index in [1.165, 1.54) is 17.0 Å². The number of halogens is 7. The van der Waals surface area contributed by atoms with Crippen molar-refractivity contribution in [2.45, 2.75) is 98.4 Å². The Balaban J connectivity index is 1.65. The number of aliphatic carboxylic acids is 1. The van der Waals surface area contributed by atoms with Crippen LogP contribution in [0.2, 0.25) is 0 Å². The number of aryl methyl sites for hydroxylation is 2. The van der Waals surface area contributed by atoms with E-state index in [0.717, 1.165) is 11.6 Å². The Morgan fingerprint density at radius 2 is 1.48 bits per heavy atom. The number of benzene rings is 2. The van der Waals surface area contributed by atoms with Crippen molar-refractivity contribution in [3.63, 3.8) is 0 Å². The third kappa shape index (κ3) is 5.28. The minimum Gasteiger partial charge on any atom is -0.481 e. The molecule has 252 valence electrons. The van der Waals surface area contributed by atoms with Crippen molar-refractivity contribution in [2.24, 2.45) is 11.8 Å². The van der Waals surface area contributed by atoms with Gasteiger partial charge >= 0.3 is 24.0 Å². The molecule has 46 heavy (non-hydrogen) atoms. The minimum absolute atomic E-state index is 0.0501. The second-order valence-electron chi connectivity index (χ2n) is 12.5. The molecular weight excluding hydrogens is 643 g/mol. The zero-order chi connectivity index (χ0) is 33.9. The Labute approximate surface area is 261 Å². The van der Waals surface area contributed by atoms with Crippen molar-refractivity contribution >= 4 is 21.7 Å². The molecule has 0 radical (unpaired) electrons. The SMILES string of the molecule is CCc1ccc(S(=O)(=O)C23CCCN(C(=O)C4CCC(C(=O)O)CC4)C2CCc2cc(C(F)(C(F)(F)F)C(F)(F)F)ccc23)cc1. The number of fused-ring (bicyclic) bond motifs is 3. The Bertz CT molecular complexity index is 1580. The number of rotatable bonds is 6. The lowest BCUT2D eigenvalue weighted by molar-refractivity contribution is -0.348. The number of carbonyl (C=O) groups is 2. The van der Waals surface area contributed by atoms with Crippen LogP contribution in [0.3, 0.4) is 0 Å². The topological polar surface area (TPSA) is 91.8 Å². The Morgan fingerprint density at radius 3 is 2.02 bits per heavy atom. The lowest BCUT2D eigenvalue weighted by Gasteiger charge is -2.53. The van der Waals surface area contributed by atoms with Gasteiger partial charge in [0, 0.05) is 18.0 Å². The molecule has 2 atom stereocenters. The first-order valence-corrected chi connectivity index (χ1v) is 16.7.